The molecule has 0 amide bonds. The number of hydrogen-bond acceptors (Lipinski definition) is 2. The highest BCUT2D eigenvalue weighted by Crippen LogP contribution is 2.34. The van der Waals surface area contributed by atoms with Crippen LogP contribution < -0.4 is 5.32 Å². The lowest BCUT2D eigenvalue weighted by Crippen LogP contribution is -2.42. The van der Waals surface area contributed by atoms with Crippen LogP contribution in [0, 0.1) is 5.92 Å². The van der Waals surface area contributed by atoms with Crippen LogP contribution in [0.1, 0.15) is 39.5 Å². The van der Waals surface area contributed by atoms with E-state index < -0.39 is 0 Å². The normalized spacial score (nSPS) is 33.0. The van der Waals surface area contributed by atoms with Gasteiger partial charge in [0.15, 0.2) is 5.96 Å². The Kier molecular flexibility index (Phi) is 4.26. The summed E-state index contributed by atoms with van der Waals surface area (Å²) in [5.74, 6) is 1.85. The third-order valence-electron chi connectivity index (χ3n) is 3.67. The summed E-state index contributed by atoms with van der Waals surface area (Å²) in [6.45, 7) is 6.77. The second kappa shape index (κ2) is 5.71. The number of nitrogens with zero attached hydrogens (tertiary/aromatic N) is 2. The number of β-amino-alcohol motifs (C(OH)–C–C–N with tert-alkyl or cyclic N) is 1. The Morgan fingerprint density at radius 2 is 2.29 bits per heavy atom. The van der Waals surface area contributed by atoms with Gasteiger partial charge in [-0.15, -0.1) is 0 Å². The maximum atomic E-state index is 9.58. The minimum atomic E-state index is -0.176. The molecule has 4 nitrogen and oxygen atoms in total. The fourth-order valence-electron chi connectivity index (χ4n) is 2.60. The van der Waals surface area contributed by atoms with Crippen molar-refractivity contribution in [1.29, 1.82) is 0 Å². The second-order valence-electron chi connectivity index (χ2n) is 5.22. The first-order valence-corrected chi connectivity index (χ1v) is 6.98. The zero-order valence-electron chi connectivity index (χ0n) is 11.0. The third kappa shape index (κ3) is 3.35. The van der Waals surface area contributed by atoms with Gasteiger partial charge in [-0.3, -0.25) is 4.99 Å². The highest BCUT2D eigenvalue weighted by molar-refractivity contribution is 5.81. The van der Waals surface area contributed by atoms with Gasteiger partial charge in [-0.05, 0) is 32.1 Å². The van der Waals surface area contributed by atoms with Gasteiger partial charge < -0.3 is 15.3 Å². The first-order chi connectivity index (χ1) is 8.24. The number of aliphatic hydroxyl groups is 1. The average Bonchev–Trinajstić information content (AvgIpc) is 2.87. The quantitative estimate of drug-likeness (QED) is 0.572. The van der Waals surface area contributed by atoms with E-state index in [9.17, 15) is 5.11 Å². The molecule has 1 saturated carbocycles. The van der Waals surface area contributed by atoms with E-state index in [4.69, 9.17) is 0 Å². The van der Waals surface area contributed by atoms with Crippen molar-refractivity contribution < 1.29 is 5.11 Å². The fraction of sp³-hybridized carbons (Fsp3) is 0.923. The number of hydrogen-bond donors (Lipinski definition) is 2. The lowest BCUT2D eigenvalue weighted by Gasteiger charge is -2.21. The Morgan fingerprint density at radius 1 is 1.47 bits per heavy atom. The molecule has 0 aromatic rings. The van der Waals surface area contributed by atoms with Crippen molar-refractivity contribution in [3.63, 3.8) is 0 Å². The van der Waals surface area contributed by atoms with E-state index in [2.05, 4.69) is 29.1 Å². The molecule has 2 unspecified atom stereocenters. The minimum absolute atomic E-state index is 0.176. The Hall–Kier alpha value is -0.770. The van der Waals surface area contributed by atoms with Gasteiger partial charge in [0.1, 0.15) is 0 Å². The van der Waals surface area contributed by atoms with Crippen molar-refractivity contribution in [2.24, 2.45) is 10.9 Å². The summed E-state index contributed by atoms with van der Waals surface area (Å²) in [5.41, 5.74) is 0. The number of rotatable bonds is 4. The van der Waals surface area contributed by atoms with Crippen molar-refractivity contribution in [3.8, 4) is 0 Å². The van der Waals surface area contributed by atoms with Crippen molar-refractivity contribution in [2.45, 2.75) is 51.7 Å². The molecule has 0 bridgehead atoms. The summed E-state index contributed by atoms with van der Waals surface area (Å²) in [6.07, 6.45) is 4.57. The van der Waals surface area contributed by atoms with Gasteiger partial charge in [-0.1, -0.05) is 13.3 Å². The van der Waals surface area contributed by atoms with Crippen LogP contribution in [-0.4, -0.2) is 47.7 Å². The molecule has 2 fully saturated rings. The van der Waals surface area contributed by atoms with Crippen LogP contribution in [0.15, 0.2) is 4.99 Å². The predicted octanol–water partition coefficient (Wildman–Crippen LogP) is 1.21. The van der Waals surface area contributed by atoms with Crippen molar-refractivity contribution in [3.05, 3.63) is 0 Å². The summed E-state index contributed by atoms with van der Waals surface area (Å²) in [6, 6.07) is 0.623. The zero-order valence-corrected chi connectivity index (χ0v) is 11.0. The van der Waals surface area contributed by atoms with Gasteiger partial charge in [0.25, 0.3) is 0 Å². The summed E-state index contributed by atoms with van der Waals surface area (Å²) >= 11 is 0. The second-order valence-corrected chi connectivity index (χ2v) is 5.22. The Bertz CT molecular complexity index is 280. The molecular formula is C13H25N3O. The van der Waals surface area contributed by atoms with Crippen molar-refractivity contribution >= 4 is 5.96 Å². The van der Waals surface area contributed by atoms with Gasteiger partial charge >= 0.3 is 0 Å². The van der Waals surface area contributed by atoms with E-state index in [1.807, 2.05) is 0 Å². The monoisotopic (exact) mass is 239 g/mol. The molecular weight excluding hydrogens is 214 g/mol. The van der Waals surface area contributed by atoms with Gasteiger partial charge in [-0.2, -0.15) is 0 Å². The van der Waals surface area contributed by atoms with Crippen molar-refractivity contribution in [1.82, 2.24) is 10.2 Å². The molecule has 0 aromatic heterocycles. The van der Waals surface area contributed by atoms with Gasteiger partial charge in [-0.25, -0.2) is 0 Å². The van der Waals surface area contributed by atoms with Crippen LogP contribution in [0.25, 0.3) is 0 Å². The highest BCUT2D eigenvalue weighted by atomic mass is 16.3. The van der Waals surface area contributed by atoms with Gasteiger partial charge in [0.05, 0.1) is 6.10 Å². The highest BCUT2D eigenvalue weighted by Gasteiger charge is 2.38. The molecule has 0 aromatic carbocycles. The van der Waals surface area contributed by atoms with E-state index in [0.29, 0.717) is 6.04 Å². The molecule has 1 saturated heterocycles. The molecule has 98 valence electrons. The first kappa shape index (κ1) is 12.7. The van der Waals surface area contributed by atoms with Gasteiger partial charge in [0, 0.05) is 25.7 Å². The molecule has 2 aliphatic rings. The molecule has 0 radical (unpaired) electrons. The summed E-state index contributed by atoms with van der Waals surface area (Å²) in [7, 11) is 0. The standard InChI is InChI=1S/C13H25N3O/c1-3-5-10-8-12(10)15-13(14-4-2)16-7-6-11(17)9-16/h10-12,17H,3-9H2,1-2H3,(H,14,15)/t10?,11-,12?/m1/s1. The number of aliphatic imine (C=N–C) groups is 1. The largest absolute Gasteiger partial charge is 0.391 e. The lowest BCUT2D eigenvalue weighted by molar-refractivity contribution is 0.187. The first-order valence-electron chi connectivity index (χ1n) is 6.98. The summed E-state index contributed by atoms with van der Waals surface area (Å²) in [4.78, 5) is 6.73. The van der Waals surface area contributed by atoms with Crippen LogP contribution in [0.5, 0.6) is 0 Å². The number of likely N-dealkylation sites (tertiary alicyclic amines) is 1. The molecule has 2 N–H and O–H groups in total. The van der Waals surface area contributed by atoms with Crippen LogP contribution in [0.3, 0.4) is 0 Å². The van der Waals surface area contributed by atoms with Crippen LogP contribution >= 0.6 is 0 Å². The van der Waals surface area contributed by atoms with Crippen LogP contribution in [0.2, 0.25) is 0 Å². The predicted molar refractivity (Wildman–Crippen MR) is 70.1 cm³/mol. The van der Waals surface area contributed by atoms with E-state index >= 15 is 0 Å². The Morgan fingerprint density at radius 3 is 2.88 bits per heavy atom. The van der Waals surface area contributed by atoms with Crippen LogP contribution in [-0.2, 0) is 0 Å². The minimum Gasteiger partial charge on any atom is -0.391 e. The average molecular weight is 239 g/mol. The smallest absolute Gasteiger partial charge is 0.194 e. The maximum absolute atomic E-state index is 9.58. The van der Waals surface area contributed by atoms with E-state index in [0.717, 1.165) is 37.9 Å². The molecule has 4 heteroatoms. The van der Waals surface area contributed by atoms with Crippen molar-refractivity contribution in [2.75, 3.05) is 19.6 Å². The number of guanidine groups is 1. The number of nitrogens with one attached hydrogen (secondary N) is 1. The van der Waals surface area contributed by atoms with Crippen LogP contribution in [0.4, 0.5) is 0 Å². The fourth-order valence-corrected chi connectivity index (χ4v) is 2.60. The van der Waals surface area contributed by atoms with E-state index in [-0.39, 0.29) is 6.10 Å². The zero-order chi connectivity index (χ0) is 12.3. The SMILES string of the molecule is CCCC1CC1NC(=NCC)N1CC[C@@H](O)C1. The molecule has 17 heavy (non-hydrogen) atoms. The topological polar surface area (TPSA) is 47.9 Å². The number of aliphatic hydroxyl groups excluding tert-OH is 1. The maximum Gasteiger partial charge on any atom is 0.194 e. The Labute approximate surface area is 104 Å². The lowest BCUT2D eigenvalue weighted by atomic mass is 10.2. The summed E-state index contributed by atoms with van der Waals surface area (Å²) < 4.78 is 0. The van der Waals surface area contributed by atoms with Gasteiger partial charge in [0.2, 0.25) is 0 Å². The molecule has 0 spiro atoms. The molecule has 1 aliphatic carbocycles. The van der Waals surface area contributed by atoms with E-state index in [1.54, 1.807) is 0 Å². The van der Waals surface area contributed by atoms with E-state index in [1.165, 1.54) is 19.3 Å². The summed E-state index contributed by atoms with van der Waals surface area (Å²) in [5, 5.41) is 13.1. The molecule has 3 atom stereocenters. The molecule has 1 heterocycles. The third-order valence-corrected chi connectivity index (χ3v) is 3.67. The molecule has 1 aliphatic heterocycles. The molecule has 2 rings (SSSR count). The Balaban J connectivity index is 1.84.